The summed E-state index contributed by atoms with van der Waals surface area (Å²) < 4.78 is 101. The molecule has 0 amide bonds. The molecule has 0 saturated carbocycles. The van der Waals surface area contributed by atoms with E-state index in [1.165, 1.54) is 0 Å². The third-order valence-corrected chi connectivity index (χ3v) is 10.0. The van der Waals surface area contributed by atoms with Gasteiger partial charge in [-0.05, 0) is 19.6 Å². The summed E-state index contributed by atoms with van der Waals surface area (Å²) in [6, 6.07) is 0. The summed E-state index contributed by atoms with van der Waals surface area (Å²) in [5.41, 5.74) is 0. The molecule has 17 nitrogen and oxygen atoms in total. The molecule has 22 heteroatoms. The highest BCUT2D eigenvalue weighted by molar-refractivity contribution is 7.89. The van der Waals surface area contributed by atoms with Crippen LogP contribution in [0.4, 0.5) is 3.89 Å². The summed E-state index contributed by atoms with van der Waals surface area (Å²) in [4.78, 5) is 63.1. The Kier molecular flexibility index (Phi) is 9.96. The van der Waals surface area contributed by atoms with E-state index in [-0.39, 0.29) is 0 Å². The minimum Gasteiger partial charge on any atom is -0.392 e. The molecule has 210 valence electrons. The molecule has 0 radical (unpaired) electrons. The van der Waals surface area contributed by atoms with E-state index in [0.29, 0.717) is 0 Å². The Morgan fingerprint density at radius 3 is 1.22 bits per heavy atom. The van der Waals surface area contributed by atoms with E-state index in [1.54, 1.807) is 19.6 Å². The van der Waals surface area contributed by atoms with Gasteiger partial charge < -0.3 is 18.1 Å². The van der Waals surface area contributed by atoms with Gasteiger partial charge in [-0.2, -0.15) is 25.3 Å². The lowest BCUT2D eigenvalue weighted by Crippen LogP contribution is -2.37. The molecule has 3 aliphatic rings. The number of hydrogen-bond acceptors (Lipinski definition) is 16. The average molecular weight is 615 g/mol. The molecule has 37 heavy (non-hydrogen) atoms. The van der Waals surface area contributed by atoms with Crippen LogP contribution in [0.5, 0.6) is 0 Å². The summed E-state index contributed by atoms with van der Waals surface area (Å²) in [5, 5.41) is -5.17. The number of hydrogen-bond donors (Lipinski definition) is 1. The Morgan fingerprint density at radius 1 is 0.703 bits per heavy atom. The Balaban J connectivity index is 0.000000283. The minimum atomic E-state index is -4.98. The van der Waals surface area contributed by atoms with Gasteiger partial charge in [-0.1, -0.05) is 0 Å². The predicted molar refractivity (Wildman–Crippen MR) is 113 cm³/mol. The van der Waals surface area contributed by atoms with Crippen LogP contribution in [-0.4, -0.2) is 89.7 Å². The Labute approximate surface area is 209 Å². The van der Waals surface area contributed by atoms with Gasteiger partial charge in [0.05, 0.1) is 19.3 Å². The zero-order chi connectivity index (χ0) is 29.1. The zero-order valence-electron chi connectivity index (χ0n) is 18.9. The van der Waals surface area contributed by atoms with Gasteiger partial charge in [0.2, 0.25) is 8.32 Å². The Morgan fingerprint density at radius 2 is 1.03 bits per heavy atom. The molecule has 3 unspecified atom stereocenters. The number of halogens is 1. The summed E-state index contributed by atoms with van der Waals surface area (Å²) in [7, 11) is -15.8. The maximum atomic E-state index is 12.0. The first-order valence-electron chi connectivity index (χ1n) is 9.52. The van der Waals surface area contributed by atoms with Gasteiger partial charge in [0.15, 0.2) is 15.7 Å². The minimum absolute atomic E-state index is 0.453. The lowest BCUT2D eigenvalue weighted by molar-refractivity contribution is -0.153. The van der Waals surface area contributed by atoms with Gasteiger partial charge in [-0.25, -0.2) is 0 Å². The van der Waals surface area contributed by atoms with Crippen molar-refractivity contribution in [1.82, 2.24) is 0 Å². The molecular weight excluding hydrogens is 595 g/mol. The molecule has 1 N–H and O–H groups in total. The van der Waals surface area contributed by atoms with Crippen molar-refractivity contribution < 1.29 is 80.5 Å². The monoisotopic (exact) mass is 614 g/mol. The second-order valence-electron chi connectivity index (χ2n) is 8.14. The topological polar surface area (TPSA) is 262 Å². The smallest absolute Gasteiger partial charge is 0.335 e. The van der Waals surface area contributed by atoms with Gasteiger partial charge in [0.25, 0.3) is 20.2 Å². The number of carbonyl (C=O) groups excluding carboxylic acids is 6. The molecule has 0 bridgehead atoms. The molecule has 0 aromatic carbocycles. The normalized spacial score (nSPS) is 24.4. The van der Waals surface area contributed by atoms with Gasteiger partial charge in [-0.15, -0.1) is 3.89 Å². The fourth-order valence-corrected chi connectivity index (χ4v) is 7.56. The number of rotatable bonds is 5. The summed E-state index contributed by atoms with van der Waals surface area (Å²) in [5.74, 6) is -6.36. The quantitative estimate of drug-likeness (QED) is 0.0864. The maximum absolute atomic E-state index is 12.0. The van der Waals surface area contributed by atoms with Crippen LogP contribution in [0.1, 0.15) is 19.3 Å². The van der Waals surface area contributed by atoms with E-state index in [1.807, 2.05) is 0 Å². The standard InChI is InChI=1S/C7H12O6SSi.C4H3FO5S.C4H4O6S/c1-15(2,3)13-14(10,11)5-4-6(8)12-7(5)9;5-11(8,9)2-1-3(6)10-4(2)7;5-3-1-2(4(6)10-3)11(7,8)9/h5H,4H2,1-3H3;2H,1H2;2H,1H2,(H,7,8,9). The van der Waals surface area contributed by atoms with E-state index in [2.05, 4.69) is 14.2 Å². The van der Waals surface area contributed by atoms with Crippen molar-refractivity contribution >= 4 is 74.6 Å². The van der Waals surface area contributed by atoms with Crippen molar-refractivity contribution in [2.24, 2.45) is 0 Å². The fourth-order valence-electron chi connectivity index (χ4n) is 2.43. The van der Waals surface area contributed by atoms with Crippen molar-refractivity contribution in [2.45, 2.75) is 54.7 Å². The lowest BCUT2D eigenvalue weighted by atomic mass is 10.4. The van der Waals surface area contributed by atoms with Crippen LogP contribution in [0.2, 0.25) is 19.6 Å². The first-order chi connectivity index (χ1) is 16.4. The third kappa shape index (κ3) is 9.96. The Hall–Kier alpha value is -2.66. The number of carbonyl (C=O) groups is 6. The number of esters is 6. The van der Waals surface area contributed by atoms with Crippen molar-refractivity contribution in [2.75, 3.05) is 0 Å². The summed E-state index contributed by atoms with van der Waals surface area (Å²) in [6.45, 7) is 5.02. The molecule has 3 fully saturated rings. The maximum Gasteiger partial charge on any atom is 0.335 e. The molecule has 0 spiro atoms. The molecule has 0 aliphatic carbocycles. The van der Waals surface area contributed by atoms with E-state index in [4.69, 9.17) is 8.42 Å². The predicted octanol–water partition coefficient (Wildman–Crippen LogP) is -2.15. The van der Waals surface area contributed by atoms with Crippen LogP contribution in [0, 0.1) is 0 Å². The highest BCUT2D eigenvalue weighted by atomic mass is 32.3. The van der Waals surface area contributed by atoms with Crippen LogP contribution in [0.3, 0.4) is 0 Å². The van der Waals surface area contributed by atoms with Gasteiger partial charge in [0, 0.05) is 0 Å². The second kappa shape index (κ2) is 11.4. The molecule has 0 aromatic rings. The molecule has 0 aromatic heterocycles. The van der Waals surface area contributed by atoms with E-state index < -0.39 is 110 Å². The zero-order valence-corrected chi connectivity index (χ0v) is 22.4. The number of ether oxygens (including phenoxy) is 3. The van der Waals surface area contributed by atoms with E-state index in [0.717, 1.165) is 0 Å². The molecule has 3 aliphatic heterocycles. The Bertz CT molecular complexity index is 1260. The fraction of sp³-hybridized carbons (Fsp3) is 0.600. The van der Waals surface area contributed by atoms with Crippen molar-refractivity contribution in [3.8, 4) is 0 Å². The van der Waals surface area contributed by atoms with Crippen LogP contribution >= 0.6 is 0 Å². The third-order valence-electron chi connectivity index (χ3n) is 3.90. The van der Waals surface area contributed by atoms with Crippen LogP contribution in [-0.2, 0) is 77.3 Å². The lowest BCUT2D eigenvalue weighted by Gasteiger charge is -2.18. The largest absolute Gasteiger partial charge is 0.392 e. The molecule has 3 heterocycles. The van der Waals surface area contributed by atoms with Crippen molar-refractivity contribution in [1.29, 1.82) is 0 Å². The van der Waals surface area contributed by atoms with Gasteiger partial charge in [-0.3, -0.25) is 33.3 Å². The van der Waals surface area contributed by atoms with Crippen LogP contribution in [0.15, 0.2) is 0 Å². The van der Waals surface area contributed by atoms with E-state index >= 15 is 0 Å². The van der Waals surface area contributed by atoms with Crippen LogP contribution < -0.4 is 0 Å². The molecule has 3 rings (SSSR count). The summed E-state index contributed by atoms with van der Waals surface area (Å²) >= 11 is 0. The van der Waals surface area contributed by atoms with E-state index in [9.17, 15) is 57.9 Å². The molecule has 3 atom stereocenters. The number of cyclic esters (lactones) is 6. The van der Waals surface area contributed by atoms with Gasteiger partial charge >= 0.3 is 46.0 Å². The van der Waals surface area contributed by atoms with Crippen LogP contribution in [0.25, 0.3) is 0 Å². The average Bonchev–Trinajstić information content (AvgIpc) is 3.29. The van der Waals surface area contributed by atoms with Crippen molar-refractivity contribution in [3.63, 3.8) is 0 Å². The SMILES string of the molecule is C[Si](C)(C)OS(=O)(=O)C1CC(=O)OC1=O.O=C1CC(S(=O)(=O)F)C(=O)O1.O=C1CC(S(=O)(=O)O)C(=O)O1. The highest BCUT2D eigenvalue weighted by Crippen LogP contribution is 2.21. The first-order valence-corrected chi connectivity index (χ1v) is 17.3. The molecule has 3 saturated heterocycles. The van der Waals surface area contributed by atoms with Crippen molar-refractivity contribution in [3.05, 3.63) is 0 Å². The molecular formula is C15H19FO17S3Si. The second-order valence-corrected chi connectivity index (χ2v) is 17.7. The first kappa shape index (κ1) is 32.4. The van der Waals surface area contributed by atoms with Gasteiger partial charge in [0.1, 0.15) is 0 Å². The summed E-state index contributed by atoms with van der Waals surface area (Å²) in [6.07, 6.45) is -1.78. The highest BCUT2D eigenvalue weighted by Gasteiger charge is 2.46.